The van der Waals surface area contributed by atoms with Crippen molar-refractivity contribution in [3.63, 3.8) is 0 Å². The molecule has 0 rings (SSSR count). The number of hydrogen-bond acceptors (Lipinski definition) is 4. The van der Waals surface area contributed by atoms with Gasteiger partial charge in [-0.2, -0.15) is 0 Å². The lowest BCUT2D eigenvalue weighted by Gasteiger charge is -2.31. The van der Waals surface area contributed by atoms with Crippen LogP contribution in [0.4, 0.5) is 8.78 Å². The van der Waals surface area contributed by atoms with Crippen LogP contribution in [-0.4, -0.2) is 49.3 Å². The number of hydrogen-bond donors (Lipinski definition) is 4. The van der Waals surface area contributed by atoms with Crippen molar-refractivity contribution < 1.29 is 29.2 Å². The third-order valence-corrected chi connectivity index (χ3v) is 4.36. The van der Waals surface area contributed by atoms with E-state index in [1.807, 2.05) is 0 Å². The quantitative estimate of drug-likeness (QED) is 0.460. The summed E-state index contributed by atoms with van der Waals surface area (Å²) in [6, 6.07) is 0. The van der Waals surface area contributed by atoms with Gasteiger partial charge in [-0.1, -0.05) is 0 Å². The maximum absolute atomic E-state index is 14.0. The van der Waals surface area contributed by atoms with Crippen molar-refractivity contribution in [2.45, 2.75) is 109 Å². The lowest BCUT2D eigenvalue weighted by molar-refractivity contribution is -0.165. The highest BCUT2D eigenvalue weighted by Gasteiger charge is 2.45. The molecule has 4 nitrogen and oxygen atoms in total. The predicted octanol–water partition coefficient (Wildman–Crippen LogP) is 3.21. The Kier molecular flexibility index (Phi) is 8.28. The Hall–Kier alpha value is -0.300. The third-order valence-electron chi connectivity index (χ3n) is 4.36. The standard InChI is InChI=1S/C18H35F2O4/c1-15(2,22)11-9-13(7-8-14(21)16(3,4)23)10-12-18(19,20)17(5,6)24/h14,21-24H,7-12H2,1-6H3. The van der Waals surface area contributed by atoms with Gasteiger partial charge in [0.05, 0.1) is 17.3 Å². The molecule has 4 N–H and O–H groups in total. The Bertz CT molecular complexity index is 365. The van der Waals surface area contributed by atoms with E-state index in [4.69, 9.17) is 0 Å². The van der Waals surface area contributed by atoms with Crippen LogP contribution in [0.15, 0.2) is 0 Å². The van der Waals surface area contributed by atoms with Gasteiger partial charge in [-0.3, -0.25) is 0 Å². The summed E-state index contributed by atoms with van der Waals surface area (Å²) in [5, 5.41) is 39.1. The molecule has 0 aromatic heterocycles. The molecule has 1 unspecified atom stereocenters. The molecule has 0 saturated carbocycles. The van der Waals surface area contributed by atoms with Gasteiger partial charge in [-0.25, -0.2) is 8.78 Å². The zero-order valence-corrected chi connectivity index (χ0v) is 15.9. The largest absolute Gasteiger partial charge is 0.390 e. The summed E-state index contributed by atoms with van der Waals surface area (Å²) in [5.74, 6) is -2.42. The van der Waals surface area contributed by atoms with Crippen LogP contribution in [0.2, 0.25) is 0 Å². The van der Waals surface area contributed by atoms with E-state index in [0.29, 0.717) is 19.3 Å². The summed E-state index contributed by atoms with van der Waals surface area (Å²) in [4.78, 5) is 0. The molecule has 0 aromatic carbocycles. The highest BCUT2D eigenvalue weighted by molar-refractivity contribution is 4.96. The Balaban J connectivity index is 4.76. The van der Waals surface area contributed by atoms with Crippen molar-refractivity contribution in [1.29, 1.82) is 0 Å². The number of aliphatic hydroxyl groups excluding tert-OH is 1. The normalized spacial score (nSPS) is 15.9. The minimum absolute atomic E-state index is 0.103. The summed E-state index contributed by atoms with van der Waals surface area (Å²) in [7, 11) is 0. The molecule has 0 heterocycles. The van der Waals surface area contributed by atoms with E-state index in [-0.39, 0.29) is 12.8 Å². The molecule has 0 aliphatic heterocycles. The molecule has 1 radical (unpaired) electrons. The Labute approximate surface area is 144 Å². The maximum Gasteiger partial charge on any atom is 0.275 e. The average Bonchev–Trinajstić information content (AvgIpc) is 2.33. The fraction of sp³-hybridized carbons (Fsp3) is 0.944. The summed E-state index contributed by atoms with van der Waals surface area (Å²) < 4.78 is 27.9. The van der Waals surface area contributed by atoms with E-state index < -0.39 is 35.3 Å². The van der Waals surface area contributed by atoms with Gasteiger partial charge in [0.25, 0.3) is 5.92 Å². The molecule has 0 bridgehead atoms. The molecule has 1 atom stereocenters. The van der Waals surface area contributed by atoms with Crippen molar-refractivity contribution >= 4 is 0 Å². The Morgan fingerprint density at radius 2 is 1.29 bits per heavy atom. The average molecular weight is 353 g/mol. The molecule has 0 fully saturated rings. The highest BCUT2D eigenvalue weighted by Crippen LogP contribution is 2.37. The second kappa shape index (κ2) is 8.39. The molecule has 0 aromatic rings. The number of rotatable bonds is 11. The summed E-state index contributed by atoms with van der Waals surface area (Å²) >= 11 is 0. The van der Waals surface area contributed by atoms with Crippen LogP contribution in [0.5, 0.6) is 0 Å². The number of alkyl halides is 2. The molecular formula is C18H35F2O4. The van der Waals surface area contributed by atoms with Crippen LogP contribution in [0.3, 0.4) is 0 Å². The second-order valence-electron chi connectivity index (χ2n) is 8.53. The SMILES string of the molecule is CC(C)(O)CC[C](CCC(O)C(C)(C)O)CCC(F)(F)C(C)(C)O. The van der Waals surface area contributed by atoms with Crippen molar-refractivity contribution in [3.05, 3.63) is 5.92 Å². The van der Waals surface area contributed by atoms with Gasteiger partial charge in [-0.15, -0.1) is 0 Å². The topological polar surface area (TPSA) is 80.9 Å². The van der Waals surface area contributed by atoms with Crippen molar-refractivity contribution in [2.24, 2.45) is 0 Å². The maximum atomic E-state index is 14.0. The molecule has 0 saturated heterocycles. The van der Waals surface area contributed by atoms with E-state index in [1.165, 1.54) is 13.8 Å². The van der Waals surface area contributed by atoms with Crippen molar-refractivity contribution in [3.8, 4) is 0 Å². The van der Waals surface area contributed by atoms with Gasteiger partial charge in [0.15, 0.2) is 0 Å². The molecule has 145 valence electrons. The Morgan fingerprint density at radius 3 is 1.67 bits per heavy atom. The molecule has 6 heteroatoms. The first-order valence-corrected chi connectivity index (χ1v) is 8.52. The second-order valence-corrected chi connectivity index (χ2v) is 8.53. The smallest absolute Gasteiger partial charge is 0.275 e. The molecule has 0 amide bonds. The summed E-state index contributed by atoms with van der Waals surface area (Å²) in [6.45, 7) is 8.47. The zero-order chi connectivity index (χ0) is 19.4. The molecule has 0 spiro atoms. The fourth-order valence-electron chi connectivity index (χ4n) is 2.19. The van der Waals surface area contributed by atoms with Gasteiger partial charge in [0.1, 0.15) is 5.60 Å². The zero-order valence-electron chi connectivity index (χ0n) is 15.9. The van der Waals surface area contributed by atoms with Crippen molar-refractivity contribution in [2.75, 3.05) is 0 Å². The van der Waals surface area contributed by atoms with Gasteiger partial charge < -0.3 is 20.4 Å². The van der Waals surface area contributed by atoms with Gasteiger partial charge in [0, 0.05) is 6.42 Å². The van der Waals surface area contributed by atoms with Crippen LogP contribution in [0, 0.1) is 5.92 Å². The van der Waals surface area contributed by atoms with E-state index in [2.05, 4.69) is 0 Å². The van der Waals surface area contributed by atoms with E-state index in [1.54, 1.807) is 13.8 Å². The van der Waals surface area contributed by atoms with Gasteiger partial charge in [-0.05, 0) is 79.6 Å². The Morgan fingerprint density at radius 1 is 0.833 bits per heavy atom. The van der Waals surface area contributed by atoms with E-state index in [9.17, 15) is 29.2 Å². The molecule has 0 aliphatic rings. The fourth-order valence-corrected chi connectivity index (χ4v) is 2.19. The van der Waals surface area contributed by atoms with Gasteiger partial charge >= 0.3 is 0 Å². The third kappa shape index (κ3) is 9.25. The predicted molar refractivity (Wildman–Crippen MR) is 90.8 cm³/mol. The lowest BCUT2D eigenvalue weighted by atomic mass is 9.84. The van der Waals surface area contributed by atoms with E-state index in [0.717, 1.165) is 19.8 Å². The minimum atomic E-state index is -3.22. The van der Waals surface area contributed by atoms with Crippen LogP contribution in [0.25, 0.3) is 0 Å². The van der Waals surface area contributed by atoms with Crippen molar-refractivity contribution in [1.82, 2.24) is 0 Å². The van der Waals surface area contributed by atoms with Crippen LogP contribution < -0.4 is 0 Å². The first kappa shape index (κ1) is 23.7. The van der Waals surface area contributed by atoms with Crippen LogP contribution >= 0.6 is 0 Å². The summed E-state index contributed by atoms with van der Waals surface area (Å²) in [6.07, 6.45) is 0.201. The molecule has 24 heavy (non-hydrogen) atoms. The summed E-state index contributed by atoms with van der Waals surface area (Å²) in [5.41, 5.74) is -4.25. The molecule has 0 aliphatic carbocycles. The van der Waals surface area contributed by atoms with Crippen LogP contribution in [0.1, 0.15) is 80.1 Å². The number of halogens is 2. The lowest BCUT2D eigenvalue weighted by Crippen LogP contribution is -2.42. The monoisotopic (exact) mass is 353 g/mol. The van der Waals surface area contributed by atoms with E-state index >= 15 is 0 Å². The molecular weight excluding hydrogens is 318 g/mol. The first-order valence-electron chi connectivity index (χ1n) is 8.52. The highest BCUT2D eigenvalue weighted by atomic mass is 19.3. The minimum Gasteiger partial charge on any atom is -0.390 e. The number of aliphatic hydroxyl groups is 4. The first-order chi connectivity index (χ1) is 10.5. The van der Waals surface area contributed by atoms with Gasteiger partial charge in [0.2, 0.25) is 0 Å². The van der Waals surface area contributed by atoms with Crippen LogP contribution in [-0.2, 0) is 0 Å².